The highest BCUT2D eigenvalue weighted by molar-refractivity contribution is 6.40. The van der Waals surface area contributed by atoms with E-state index in [1.165, 1.54) is 10.8 Å². The molecule has 2 aromatic carbocycles. The highest BCUT2D eigenvalue weighted by Gasteiger charge is 2.33. The lowest BCUT2D eigenvalue weighted by molar-refractivity contribution is -0.137. The molecule has 0 saturated carbocycles. The van der Waals surface area contributed by atoms with Gasteiger partial charge in [0.05, 0.1) is 21.8 Å². The summed E-state index contributed by atoms with van der Waals surface area (Å²) < 4.78 is 66.5. The molecule has 0 bridgehead atoms. The Morgan fingerprint density at radius 1 is 1.07 bits per heavy atom. The second-order valence-electron chi connectivity index (χ2n) is 6.39. The maximum absolute atomic E-state index is 13.5. The highest BCUT2D eigenvalue weighted by Crippen LogP contribution is 2.35. The molecule has 1 aromatic heterocycles. The number of hydrogen-bond donors (Lipinski definition) is 2. The van der Waals surface area contributed by atoms with Crippen molar-refractivity contribution in [3.8, 4) is 0 Å². The molecule has 30 heavy (non-hydrogen) atoms. The number of alkyl halides is 3. The van der Waals surface area contributed by atoms with Crippen LogP contribution in [0, 0.1) is 11.6 Å². The normalized spacial score (nSPS) is 11.6. The topological polar surface area (TPSA) is 63.1 Å². The SMILES string of the molecule is Cn1cc(NC(=O)C(=O)NCc2ccc(C(F)(F)F)c(Cl)c2)c2cc(F)c(F)cc21. The molecule has 0 spiro atoms. The minimum atomic E-state index is -4.61. The van der Waals surface area contributed by atoms with Crippen LogP contribution in [0.25, 0.3) is 10.9 Å². The molecule has 0 aliphatic heterocycles. The van der Waals surface area contributed by atoms with Crippen LogP contribution in [-0.4, -0.2) is 16.4 Å². The molecule has 0 aliphatic rings. The number of nitrogens with one attached hydrogen (secondary N) is 2. The van der Waals surface area contributed by atoms with E-state index in [0.29, 0.717) is 5.52 Å². The van der Waals surface area contributed by atoms with Crippen molar-refractivity contribution in [2.24, 2.45) is 7.05 Å². The molecule has 0 aliphatic carbocycles. The molecule has 2 N–H and O–H groups in total. The van der Waals surface area contributed by atoms with Crippen molar-refractivity contribution in [2.75, 3.05) is 5.32 Å². The number of aryl methyl sites for hydroxylation is 1. The first-order valence-electron chi connectivity index (χ1n) is 8.36. The molecule has 2 amide bonds. The Bertz CT molecular complexity index is 1160. The van der Waals surface area contributed by atoms with Gasteiger partial charge in [0.1, 0.15) is 0 Å². The molecule has 0 saturated heterocycles. The van der Waals surface area contributed by atoms with Crippen LogP contribution >= 0.6 is 11.6 Å². The number of carbonyl (C=O) groups is 2. The first-order valence-corrected chi connectivity index (χ1v) is 8.74. The monoisotopic (exact) mass is 445 g/mol. The average molecular weight is 446 g/mol. The summed E-state index contributed by atoms with van der Waals surface area (Å²) in [5.41, 5.74) is -0.387. The van der Waals surface area contributed by atoms with E-state index in [1.54, 1.807) is 7.05 Å². The Labute approximate surface area is 171 Å². The lowest BCUT2D eigenvalue weighted by Crippen LogP contribution is -2.34. The molecule has 3 rings (SSSR count). The fraction of sp³-hybridized carbons (Fsp3) is 0.158. The number of amides is 2. The molecule has 0 fully saturated rings. The third kappa shape index (κ3) is 4.38. The van der Waals surface area contributed by atoms with Crippen molar-refractivity contribution < 1.29 is 31.5 Å². The van der Waals surface area contributed by atoms with Crippen LogP contribution in [0.2, 0.25) is 5.02 Å². The van der Waals surface area contributed by atoms with E-state index in [1.807, 2.05) is 0 Å². The quantitative estimate of drug-likeness (QED) is 0.464. The van der Waals surface area contributed by atoms with Crippen LogP contribution in [0.1, 0.15) is 11.1 Å². The number of nitrogens with zero attached hydrogens (tertiary/aromatic N) is 1. The van der Waals surface area contributed by atoms with Gasteiger partial charge in [0.2, 0.25) is 0 Å². The zero-order chi connectivity index (χ0) is 22.2. The van der Waals surface area contributed by atoms with E-state index in [2.05, 4.69) is 10.6 Å². The Hall–Kier alpha value is -3.14. The molecule has 0 atom stereocenters. The van der Waals surface area contributed by atoms with Crippen molar-refractivity contribution in [3.63, 3.8) is 0 Å². The second kappa shape index (κ2) is 7.94. The average Bonchev–Trinajstić information content (AvgIpc) is 2.93. The summed E-state index contributed by atoms with van der Waals surface area (Å²) in [5.74, 6) is -4.35. The van der Waals surface area contributed by atoms with Gasteiger partial charge in [-0.05, 0) is 23.8 Å². The van der Waals surface area contributed by atoms with Gasteiger partial charge in [-0.1, -0.05) is 17.7 Å². The van der Waals surface area contributed by atoms with Crippen LogP contribution in [0.4, 0.5) is 27.6 Å². The molecule has 5 nitrogen and oxygen atoms in total. The number of aromatic nitrogens is 1. The van der Waals surface area contributed by atoms with Gasteiger partial charge >= 0.3 is 18.0 Å². The second-order valence-corrected chi connectivity index (χ2v) is 6.79. The molecule has 1 heterocycles. The van der Waals surface area contributed by atoms with Gasteiger partial charge in [-0.15, -0.1) is 0 Å². The van der Waals surface area contributed by atoms with Crippen LogP contribution in [0.5, 0.6) is 0 Å². The zero-order valence-electron chi connectivity index (χ0n) is 15.2. The van der Waals surface area contributed by atoms with E-state index >= 15 is 0 Å². The minimum Gasteiger partial charge on any atom is -0.348 e. The number of rotatable bonds is 3. The number of hydrogen-bond acceptors (Lipinski definition) is 2. The van der Waals surface area contributed by atoms with Crippen molar-refractivity contribution in [2.45, 2.75) is 12.7 Å². The number of halogens is 6. The molecule has 0 radical (unpaired) electrons. The number of anilines is 1. The van der Waals surface area contributed by atoms with Gasteiger partial charge in [0, 0.05) is 31.2 Å². The Morgan fingerprint density at radius 3 is 2.37 bits per heavy atom. The fourth-order valence-electron chi connectivity index (χ4n) is 2.82. The molecule has 11 heteroatoms. The number of fused-ring (bicyclic) bond motifs is 1. The van der Waals surface area contributed by atoms with E-state index in [0.717, 1.165) is 30.3 Å². The van der Waals surface area contributed by atoms with Crippen LogP contribution in [0.15, 0.2) is 36.5 Å². The summed E-state index contributed by atoms with van der Waals surface area (Å²) in [5, 5.41) is 4.19. The first-order chi connectivity index (χ1) is 14.0. The van der Waals surface area contributed by atoms with Crippen LogP contribution in [0.3, 0.4) is 0 Å². The van der Waals surface area contributed by atoms with Gasteiger partial charge < -0.3 is 15.2 Å². The van der Waals surface area contributed by atoms with Crippen LogP contribution in [-0.2, 0) is 29.4 Å². The van der Waals surface area contributed by atoms with Gasteiger partial charge in [-0.25, -0.2) is 8.78 Å². The smallest absolute Gasteiger partial charge is 0.348 e. The zero-order valence-corrected chi connectivity index (χ0v) is 16.0. The Morgan fingerprint density at radius 2 is 1.73 bits per heavy atom. The van der Waals surface area contributed by atoms with E-state index in [-0.39, 0.29) is 23.2 Å². The molecular weight excluding hydrogens is 433 g/mol. The van der Waals surface area contributed by atoms with E-state index in [4.69, 9.17) is 11.6 Å². The van der Waals surface area contributed by atoms with Gasteiger partial charge in [-0.3, -0.25) is 9.59 Å². The van der Waals surface area contributed by atoms with Crippen molar-refractivity contribution in [1.82, 2.24) is 9.88 Å². The number of benzene rings is 2. The Balaban J connectivity index is 1.69. The minimum absolute atomic E-state index is 0.0872. The van der Waals surface area contributed by atoms with Crippen LogP contribution < -0.4 is 10.6 Å². The standard InChI is InChI=1S/C19H13ClF5N3O2/c1-28-8-15(10-5-13(21)14(22)6-16(10)28)27-18(30)17(29)26-7-9-2-3-11(12(20)4-9)19(23,24)25/h2-6,8H,7H2,1H3,(H,26,29)(H,27,30). The maximum atomic E-state index is 13.5. The number of carbonyl (C=O) groups excluding carboxylic acids is 2. The summed E-state index contributed by atoms with van der Waals surface area (Å²) >= 11 is 5.61. The largest absolute Gasteiger partial charge is 0.417 e. The molecule has 0 unspecified atom stereocenters. The molecule has 3 aromatic rings. The van der Waals surface area contributed by atoms with Crippen molar-refractivity contribution >= 4 is 40.0 Å². The predicted octanol–water partition coefficient (Wildman–Crippen LogP) is 4.38. The predicted molar refractivity (Wildman–Crippen MR) is 99.8 cm³/mol. The summed E-state index contributed by atoms with van der Waals surface area (Å²) in [4.78, 5) is 24.1. The fourth-order valence-corrected chi connectivity index (χ4v) is 3.13. The summed E-state index contributed by atoms with van der Waals surface area (Å²) in [7, 11) is 1.55. The van der Waals surface area contributed by atoms with E-state index in [9.17, 15) is 31.5 Å². The summed E-state index contributed by atoms with van der Waals surface area (Å²) in [6.07, 6.45) is -3.23. The molecule has 158 valence electrons. The summed E-state index contributed by atoms with van der Waals surface area (Å²) in [6, 6.07) is 4.77. The molecular formula is C19H13ClF5N3O2. The van der Waals surface area contributed by atoms with E-state index < -0.39 is 40.2 Å². The van der Waals surface area contributed by atoms with Gasteiger partial charge in [0.25, 0.3) is 0 Å². The van der Waals surface area contributed by atoms with Gasteiger partial charge in [-0.2, -0.15) is 13.2 Å². The third-order valence-electron chi connectivity index (χ3n) is 4.28. The summed E-state index contributed by atoms with van der Waals surface area (Å²) in [6.45, 7) is -0.251. The van der Waals surface area contributed by atoms with Crippen molar-refractivity contribution in [3.05, 3.63) is 64.3 Å². The van der Waals surface area contributed by atoms with Gasteiger partial charge in [0.15, 0.2) is 11.6 Å². The first kappa shape index (κ1) is 21.6. The Kier molecular flexibility index (Phi) is 5.71. The maximum Gasteiger partial charge on any atom is 0.417 e. The van der Waals surface area contributed by atoms with Crippen molar-refractivity contribution in [1.29, 1.82) is 0 Å². The third-order valence-corrected chi connectivity index (χ3v) is 4.59. The lowest BCUT2D eigenvalue weighted by Gasteiger charge is -2.11. The highest BCUT2D eigenvalue weighted by atomic mass is 35.5. The lowest BCUT2D eigenvalue weighted by atomic mass is 10.1.